The summed E-state index contributed by atoms with van der Waals surface area (Å²) in [6.07, 6.45) is 1.45. The lowest BCUT2D eigenvalue weighted by Crippen LogP contribution is -2.48. The first-order chi connectivity index (χ1) is 23.4. The largest absolute Gasteiger partial charge is 0.497 e. The van der Waals surface area contributed by atoms with Crippen LogP contribution in [0.3, 0.4) is 0 Å². The Bertz CT molecular complexity index is 1640. The fourth-order valence-corrected chi connectivity index (χ4v) is 6.76. The van der Waals surface area contributed by atoms with Gasteiger partial charge in [0.25, 0.3) is 5.91 Å². The number of aliphatic hydroxyl groups is 1. The molecule has 266 valence electrons. The van der Waals surface area contributed by atoms with Crippen molar-refractivity contribution in [1.82, 2.24) is 9.21 Å². The number of carbonyl (C=O) groups excluding carboxylic acids is 2. The van der Waals surface area contributed by atoms with Gasteiger partial charge in [0.05, 0.1) is 42.4 Å². The summed E-state index contributed by atoms with van der Waals surface area (Å²) in [7, 11) is -0.697. The van der Waals surface area contributed by atoms with Crippen LogP contribution in [-0.4, -0.2) is 93.4 Å². The number of ether oxygens (including phenoxy) is 3. The minimum atomic E-state index is -3.78. The molecule has 0 fully saturated rings. The Hall–Kier alpha value is -4.17. The minimum Gasteiger partial charge on any atom is -0.497 e. The normalized spacial score (nSPS) is 20.0. The third-order valence-electron chi connectivity index (χ3n) is 8.55. The number of methoxy groups -OCH3 is 1. The van der Waals surface area contributed by atoms with E-state index in [1.54, 1.807) is 91.7 Å². The van der Waals surface area contributed by atoms with Gasteiger partial charge in [-0.1, -0.05) is 25.1 Å². The van der Waals surface area contributed by atoms with Crippen molar-refractivity contribution in [3.8, 4) is 11.5 Å². The highest BCUT2D eigenvalue weighted by molar-refractivity contribution is 7.89. The smallest absolute Gasteiger partial charge is 0.323 e. The van der Waals surface area contributed by atoms with Gasteiger partial charge in [0, 0.05) is 44.0 Å². The highest BCUT2D eigenvalue weighted by Crippen LogP contribution is 2.29. The predicted molar refractivity (Wildman–Crippen MR) is 189 cm³/mol. The maximum Gasteiger partial charge on any atom is 0.323 e. The van der Waals surface area contributed by atoms with E-state index >= 15 is 0 Å². The number of likely N-dealkylation sites (N-methyl/N-ethyl adjacent to an activating group) is 1. The first-order valence-electron chi connectivity index (χ1n) is 16.5. The molecule has 4 rings (SSSR count). The molecule has 0 bridgehead atoms. The van der Waals surface area contributed by atoms with Gasteiger partial charge < -0.3 is 34.9 Å². The van der Waals surface area contributed by atoms with Gasteiger partial charge in [-0.05, 0) is 87.7 Å². The zero-order valence-corrected chi connectivity index (χ0v) is 29.6. The second-order valence-electron chi connectivity index (χ2n) is 12.4. The quantitative estimate of drug-likeness (QED) is 0.268. The molecule has 3 N–H and O–H groups in total. The summed E-state index contributed by atoms with van der Waals surface area (Å²) in [4.78, 5) is 29.0. The number of hydrogen-bond acceptors (Lipinski definition) is 8. The summed E-state index contributed by atoms with van der Waals surface area (Å²) in [6, 6.07) is 18.9. The molecule has 4 atom stereocenters. The van der Waals surface area contributed by atoms with E-state index in [1.165, 1.54) is 11.4 Å². The van der Waals surface area contributed by atoms with E-state index in [1.807, 2.05) is 13.8 Å². The molecule has 1 aliphatic heterocycles. The molecule has 0 unspecified atom stereocenters. The zero-order chi connectivity index (χ0) is 35.6. The molecule has 49 heavy (non-hydrogen) atoms. The molecular formula is C36H48N4O8S. The van der Waals surface area contributed by atoms with Crippen molar-refractivity contribution >= 4 is 33.3 Å². The molecule has 0 radical (unpaired) electrons. The van der Waals surface area contributed by atoms with Crippen LogP contribution in [-0.2, 0) is 14.8 Å². The summed E-state index contributed by atoms with van der Waals surface area (Å²) in [5.74, 6) is 0.285. The Morgan fingerprint density at radius 2 is 1.71 bits per heavy atom. The van der Waals surface area contributed by atoms with Gasteiger partial charge >= 0.3 is 6.03 Å². The summed E-state index contributed by atoms with van der Waals surface area (Å²) in [5, 5.41) is 15.8. The second-order valence-corrected chi connectivity index (χ2v) is 14.5. The molecule has 13 heteroatoms. The number of anilines is 2. The number of amides is 3. The SMILES string of the molecule is COc1ccc(NC(=O)Nc2ccc3c(c2)C(=O)N([C@@H](C)CO)C[C@H](C)[C@H](CN(C)S(=O)(=O)c2ccccc2)OCCCC[C@@H](C)O3)cc1. The summed E-state index contributed by atoms with van der Waals surface area (Å²) < 4.78 is 45.8. The van der Waals surface area contributed by atoms with Crippen LogP contribution >= 0.6 is 0 Å². The Kier molecular flexibility index (Phi) is 13.4. The van der Waals surface area contributed by atoms with Crippen LogP contribution in [0.2, 0.25) is 0 Å². The fourth-order valence-electron chi connectivity index (χ4n) is 5.55. The second kappa shape index (κ2) is 17.5. The van der Waals surface area contributed by atoms with Gasteiger partial charge in [0.15, 0.2) is 0 Å². The van der Waals surface area contributed by atoms with E-state index in [0.29, 0.717) is 35.9 Å². The Morgan fingerprint density at radius 3 is 2.39 bits per heavy atom. The van der Waals surface area contributed by atoms with Gasteiger partial charge in [0.1, 0.15) is 11.5 Å². The highest BCUT2D eigenvalue weighted by atomic mass is 32.2. The van der Waals surface area contributed by atoms with Gasteiger partial charge in [-0.2, -0.15) is 4.31 Å². The van der Waals surface area contributed by atoms with E-state index in [4.69, 9.17) is 14.2 Å². The first kappa shape index (κ1) is 37.6. The number of fused-ring (bicyclic) bond motifs is 1. The van der Waals surface area contributed by atoms with E-state index in [0.717, 1.165) is 12.8 Å². The zero-order valence-electron chi connectivity index (χ0n) is 28.8. The highest BCUT2D eigenvalue weighted by Gasteiger charge is 2.32. The molecule has 0 aliphatic carbocycles. The molecule has 0 aromatic heterocycles. The predicted octanol–water partition coefficient (Wildman–Crippen LogP) is 5.46. The van der Waals surface area contributed by atoms with E-state index in [9.17, 15) is 23.1 Å². The first-order valence-corrected chi connectivity index (χ1v) is 17.9. The van der Waals surface area contributed by atoms with Crippen LogP contribution in [0.4, 0.5) is 16.2 Å². The average Bonchev–Trinajstić information content (AvgIpc) is 3.10. The summed E-state index contributed by atoms with van der Waals surface area (Å²) >= 11 is 0. The Labute approximate surface area is 289 Å². The number of nitrogens with one attached hydrogen (secondary N) is 2. The number of sulfonamides is 1. The van der Waals surface area contributed by atoms with Crippen molar-refractivity contribution in [2.45, 2.75) is 63.2 Å². The van der Waals surface area contributed by atoms with Crippen molar-refractivity contribution in [2.75, 3.05) is 51.1 Å². The van der Waals surface area contributed by atoms with Crippen LogP contribution in [0.25, 0.3) is 0 Å². The lowest BCUT2D eigenvalue weighted by molar-refractivity contribution is -0.00833. The van der Waals surface area contributed by atoms with Crippen molar-refractivity contribution < 1.29 is 37.3 Å². The average molecular weight is 697 g/mol. The van der Waals surface area contributed by atoms with Gasteiger partial charge in [-0.15, -0.1) is 0 Å². The van der Waals surface area contributed by atoms with Crippen molar-refractivity contribution in [3.63, 3.8) is 0 Å². The molecule has 3 amide bonds. The maximum absolute atomic E-state index is 14.4. The lowest BCUT2D eigenvalue weighted by atomic mass is 10.0. The number of carbonyl (C=O) groups is 2. The van der Waals surface area contributed by atoms with Crippen LogP contribution in [0.15, 0.2) is 77.7 Å². The number of urea groups is 1. The van der Waals surface area contributed by atoms with E-state index in [2.05, 4.69) is 10.6 Å². The van der Waals surface area contributed by atoms with Crippen LogP contribution in [0.5, 0.6) is 11.5 Å². The molecular weight excluding hydrogens is 648 g/mol. The van der Waals surface area contributed by atoms with Crippen LogP contribution in [0, 0.1) is 5.92 Å². The van der Waals surface area contributed by atoms with Crippen molar-refractivity contribution in [3.05, 3.63) is 78.4 Å². The number of nitrogens with zero attached hydrogens (tertiary/aromatic N) is 2. The molecule has 1 aliphatic rings. The molecule has 0 saturated carbocycles. The van der Waals surface area contributed by atoms with Gasteiger partial charge in [-0.25, -0.2) is 13.2 Å². The van der Waals surface area contributed by atoms with Crippen LogP contribution < -0.4 is 20.1 Å². The molecule has 0 spiro atoms. The summed E-state index contributed by atoms with van der Waals surface area (Å²) in [5.41, 5.74) is 1.15. The lowest BCUT2D eigenvalue weighted by Gasteiger charge is -2.35. The van der Waals surface area contributed by atoms with Crippen LogP contribution in [0.1, 0.15) is 50.4 Å². The molecule has 3 aromatic carbocycles. The Balaban J connectivity index is 1.61. The van der Waals surface area contributed by atoms with Gasteiger partial charge in [-0.3, -0.25) is 4.79 Å². The topological polar surface area (TPSA) is 147 Å². The molecule has 12 nitrogen and oxygen atoms in total. The van der Waals surface area contributed by atoms with Gasteiger partial charge in [0.2, 0.25) is 10.0 Å². The van der Waals surface area contributed by atoms with Crippen molar-refractivity contribution in [1.29, 1.82) is 0 Å². The van der Waals surface area contributed by atoms with E-state index < -0.39 is 34.1 Å². The number of rotatable bonds is 9. The number of hydrogen-bond donors (Lipinski definition) is 3. The monoisotopic (exact) mass is 696 g/mol. The number of benzene rings is 3. The Morgan fingerprint density at radius 1 is 1.04 bits per heavy atom. The summed E-state index contributed by atoms with van der Waals surface area (Å²) in [6.45, 7) is 5.91. The van der Waals surface area contributed by atoms with E-state index in [-0.39, 0.29) is 42.2 Å². The fraction of sp³-hybridized carbons (Fsp3) is 0.444. The van der Waals surface area contributed by atoms with Crippen molar-refractivity contribution in [2.24, 2.45) is 5.92 Å². The standard InChI is InChI=1S/C36H48N4O8S/c1-25-22-40(26(2)24-41)35(42)32-21-29(38-36(43)37-28-14-17-30(46-5)18-15-28)16-19-33(32)48-27(3)11-9-10-20-47-34(25)23-39(4)49(44,45)31-12-7-6-8-13-31/h6-8,12-19,21,25-27,34,41H,9-11,20,22-24H2,1-5H3,(H2,37,38,43)/t25-,26-,27+,34-/m0/s1. The molecule has 0 saturated heterocycles. The molecule has 3 aromatic rings. The molecule has 1 heterocycles. The minimum absolute atomic E-state index is 0.0708. The third kappa shape index (κ3) is 10.2. The third-order valence-corrected chi connectivity index (χ3v) is 10.4. The maximum atomic E-state index is 14.4. The number of aliphatic hydroxyl groups excluding tert-OH is 1.